The summed E-state index contributed by atoms with van der Waals surface area (Å²) >= 11 is 0. The Balaban J connectivity index is 1.20. The van der Waals surface area contributed by atoms with Gasteiger partial charge in [-0.3, -0.25) is 19.4 Å². The molecule has 50 heavy (non-hydrogen) atoms. The average molecular weight is 668 g/mol. The summed E-state index contributed by atoms with van der Waals surface area (Å²) in [5.41, 5.74) is 4.54. The second-order valence-corrected chi connectivity index (χ2v) is 13.4. The van der Waals surface area contributed by atoms with Crippen LogP contribution in [0.2, 0.25) is 0 Å². The van der Waals surface area contributed by atoms with Gasteiger partial charge >= 0.3 is 6.03 Å². The van der Waals surface area contributed by atoms with Crippen molar-refractivity contribution in [2.24, 2.45) is 0 Å². The normalized spacial score (nSPS) is 21.7. The average Bonchev–Trinajstić information content (AvgIpc) is 3.37. The monoisotopic (exact) mass is 667 g/mol. The lowest BCUT2D eigenvalue weighted by atomic mass is 9.73. The van der Waals surface area contributed by atoms with E-state index >= 15 is 0 Å². The van der Waals surface area contributed by atoms with E-state index < -0.39 is 0 Å². The van der Waals surface area contributed by atoms with Crippen LogP contribution in [-0.2, 0) is 0 Å². The number of carbonyl (C=O) groups is 3. The quantitative estimate of drug-likeness (QED) is 0.219. The third-order valence-corrected chi connectivity index (χ3v) is 10.3. The SMILES string of the molecule is COc1ccc(NC(=O)N2CCC(N(C)C)CN3[C@H](CN4C(=O)c5ccccc5C4=O)[C@H](c4ccc(C#Cc5ccccc5)cc4)[C@@H]3C2)cc1. The fraction of sp³-hybridized carbons (Fsp3) is 0.293. The van der Waals surface area contributed by atoms with Crippen molar-refractivity contribution in [2.75, 3.05) is 52.7 Å². The molecule has 0 radical (unpaired) electrons. The van der Waals surface area contributed by atoms with E-state index in [2.05, 4.69) is 53.2 Å². The minimum Gasteiger partial charge on any atom is -0.497 e. The molecule has 4 amide bonds. The number of benzene rings is 4. The second kappa shape index (κ2) is 14.2. The lowest BCUT2D eigenvalue weighted by molar-refractivity contribution is -0.0589. The summed E-state index contributed by atoms with van der Waals surface area (Å²) in [7, 11) is 5.74. The van der Waals surface area contributed by atoms with Crippen LogP contribution in [0.3, 0.4) is 0 Å². The van der Waals surface area contributed by atoms with Gasteiger partial charge in [0, 0.05) is 67.0 Å². The van der Waals surface area contributed by atoms with Crippen LogP contribution in [0.5, 0.6) is 5.75 Å². The van der Waals surface area contributed by atoms with E-state index in [-0.39, 0.29) is 48.4 Å². The van der Waals surface area contributed by atoms with Gasteiger partial charge in [0.2, 0.25) is 0 Å². The van der Waals surface area contributed by atoms with E-state index in [1.165, 1.54) is 4.90 Å². The summed E-state index contributed by atoms with van der Waals surface area (Å²) in [5, 5.41) is 3.08. The summed E-state index contributed by atoms with van der Waals surface area (Å²) in [4.78, 5) is 48.9. The number of ether oxygens (including phenoxy) is 1. The Morgan fingerprint density at radius 1 is 0.820 bits per heavy atom. The Hall–Kier alpha value is -5.43. The van der Waals surface area contributed by atoms with E-state index in [0.717, 1.165) is 35.4 Å². The molecule has 0 spiro atoms. The lowest BCUT2D eigenvalue weighted by Crippen LogP contribution is -2.71. The van der Waals surface area contributed by atoms with Crippen LogP contribution >= 0.6 is 0 Å². The molecule has 9 heteroatoms. The topological polar surface area (TPSA) is 85.4 Å². The molecular formula is C41H41N5O4. The van der Waals surface area contributed by atoms with E-state index in [4.69, 9.17) is 4.74 Å². The van der Waals surface area contributed by atoms with Gasteiger partial charge in [0.15, 0.2) is 0 Å². The van der Waals surface area contributed by atoms with Crippen molar-refractivity contribution in [1.29, 1.82) is 0 Å². The number of anilines is 1. The molecule has 0 saturated carbocycles. The van der Waals surface area contributed by atoms with Crippen molar-refractivity contribution in [1.82, 2.24) is 19.6 Å². The molecule has 3 aliphatic rings. The number of methoxy groups -OCH3 is 1. The molecule has 1 unspecified atom stereocenters. The summed E-state index contributed by atoms with van der Waals surface area (Å²) in [5.74, 6) is 6.68. The van der Waals surface area contributed by atoms with Crippen LogP contribution < -0.4 is 10.1 Å². The summed E-state index contributed by atoms with van der Waals surface area (Å²) in [6, 6.07) is 32.4. The number of amides is 4. The van der Waals surface area contributed by atoms with Gasteiger partial charge in [-0.2, -0.15) is 0 Å². The molecule has 4 aromatic carbocycles. The number of nitrogens with one attached hydrogen (secondary N) is 1. The standard InChI is InChI=1S/C41H41N5O4/c1-43(2)32-23-24-44(41(49)42-31-19-21-33(50-3)22-20-31)26-36-38(30-17-15-29(16-18-30)14-13-28-9-5-4-6-10-28)37(45(36)25-32)27-46-39(47)34-11-7-8-12-35(34)40(46)48/h4-12,15-22,32,36-38H,23-27H2,1-3H3,(H,42,49)/t32?,36-,37+,38+/m0/s1. The third-order valence-electron chi connectivity index (χ3n) is 10.3. The van der Waals surface area contributed by atoms with Crippen molar-refractivity contribution >= 4 is 23.5 Å². The van der Waals surface area contributed by atoms with Gasteiger partial charge in [0.25, 0.3) is 11.8 Å². The number of rotatable bonds is 6. The van der Waals surface area contributed by atoms with Gasteiger partial charge in [0.05, 0.1) is 18.2 Å². The van der Waals surface area contributed by atoms with Gasteiger partial charge in [-0.15, -0.1) is 0 Å². The largest absolute Gasteiger partial charge is 0.497 e. The van der Waals surface area contributed by atoms with Gasteiger partial charge in [-0.25, -0.2) is 4.79 Å². The van der Waals surface area contributed by atoms with Crippen LogP contribution in [-0.4, -0.2) is 103 Å². The predicted octanol–water partition coefficient (Wildman–Crippen LogP) is 5.40. The highest BCUT2D eigenvalue weighted by Crippen LogP contribution is 2.44. The Kier molecular flexibility index (Phi) is 9.40. The zero-order valence-corrected chi connectivity index (χ0v) is 28.6. The fourth-order valence-electron chi connectivity index (χ4n) is 7.45. The highest BCUT2D eigenvalue weighted by atomic mass is 16.5. The number of likely N-dealkylation sites (N-methyl/N-ethyl adjacent to an activating group) is 1. The van der Waals surface area contributed by atoms with Crippen LogP contribution in [0.1, 0.15) is 49.7 Å². The van der Waals surface area contributed by atoms with E-state index in [1.54, 1.807) is 31.4 Å². The van der Waals surface area contributed by atoms with E-state index in [1.807, 2.05) is 71.6 Å². The Labute approximate surface area is 293 Å². The molecule has 1 N–H and O–H groups in total. The van der Waals surface area contributed by atoms with Crippen molar-refractivity contribution < 1.29 is 19.1 Å². The number of fused-ring (bicyclic) bond motifs is 2. The van der Waals surface area contributed by atoms with Crippen LogP contribution in [0.15, 0.2) is 103 Å². The maximum absolute atomic E-state index is 13.8. The van der Waals surface area contributed by atoms with Gasteiger partial charge in [0.1, 0.15) is 5.75 Å². The minimum absolute atomic E-state index is 0.0270. The molecule has 4 aromatic rings. The first-order chi connectivity index (χ1) is 24.3. The van der Waals surface area contributed by atoms with Crippen molar-refractivity contribution in [3.05, 3.63) is 131 Å². The van der Waals surface area contributed by atoms with Crippen LogP contribution in [0.25, 0.3) is 0 Å². The molecule has 9 nitrogen and oxygen atoms in total. The minimum atomic E-state index is -0.254. The molecule has 3 aliphatic heterocycles. The highest BCUT2D eigenvalue weighted by Gasteiger charge is 2.53. The zero-order chi connectivity index (χ0) is 34.8. The Bertz CT molecular complexity index is 1900. The van der Waals surface area contributed by atoms with Crippen molar-refractivity contribution in [2.45, 2.75) is 30.5 Å². The molecule has 7 rings (SSSR count). The van der Waals surface area contributed by atoms with Crippen LogP contribution in [0, 0.1) is 11.8 Å². The smallest absolute Gasteiger partial charge is 0.321 e. The third kappa shape index (κ3) is 6.60. The molecule has 3 heterocycles. The van der Waals surface area contributed by atoms with Crippen molar-refractivity contribution in [3.63, 3.8) is 0 Å². The Morgan fingerprint density at radius 2 is 1.44 bits per heavy atom. The van der Waals surface area contributed by atoms with Gasteiger partial charge < -0.3 is 19.9 Å². The second-order valence-electron chi connectivity index (χ2n) is 13.4. The molecular weight excluding hydrogens is 626 g/mol. The number of imide groups is 1. The number of nitrogens with zero attached hydrogens (tertiary/aromatic N) is 4. The number of carbonyl (C=O) groups excluding carboxylic acids is 3. The summed E-state index contributed by atoms with van der Waals surface area (Å²) in [6.07, 6.45) is 0.783. The Morgan fingerprint density at radius 3 is 2.06 bits per heavy atom. The molecule has 254 valence electrons. The first-order valence-corrected chi connectivity index (χ1v) is 17.0. The zero-order valence-electron chi connectivity index (χ0n) is 28.6. The lowest BCUT2D eigenvalue weighted by Gasteiger charge is -2.59. The molecule has 2 saturated heterocycles. The van der Waals surface area contributed by atoms with Gasteiger partial charge in [-0.05, 0) is 86.7 Å². The van der Waals surface area contributed by atoms with Crippen LogP contribution in [0.4, 0.5) is 10.5 Å². The molecule has 2 fully saturated rings. The highest BCUT2D eigenvalue weighted by molar-refractivity contribution is 6.21. The molecule has 0 bridgehead atoms. The first-order valence-electron chi connectivity index (χ1n) is 17.0. The molecule has 4 atom stereocenters. The number of urea groups is 1. The van der Waals surface area contributed by atoms with Gasteiger partial charge in [-0.1, -0.05) is 54.3 Å². The summed E-state index contributed by atoms with van der Waals surface area (Å²) < 4.78 is 5.29. The predicted molar refractivity (Wildman–Crippen MR) is 193 cm³/mol. The maximum Gasteiger partial charge on any atom is 0.321 e. The van der Waals surface area contributed by atoms with Crippen molar-refractivity contribution in [3.8, 4) is 17.6 Å². The first kappa shape index (κ1) is 33.1. The van der Waals surface area contributed by atoms with E-state index in [0.29, 0.717) is 29.9 Å². The molecule has 0 aliphatic carbocycles. The number of hydrogen-bond acceptors (Lipinski definition) is 6. The summed E-state index contributed by atoms with van der Waals surface area (Å²) in [6.45, 7) is 2.12. The maximum atomic E-state index is 13.8. The molecule has 0 aromatic heterocycles. The van der Waals surface area contributed by atoms with E-state index in [9.17, 15) is 14.4 Å². The number of hydrogen-bond donors (Lipinski definition) is 1. The fourth-order valence-corrected chi connectivity index (χ4v) is 7.45.